The summed E-state index contributed by atoms with van der Waals surface area (Å²) >= 11 is 0. The van der Waals surface area contributed by atoms with E-state index in [-0.39, 0.29) is 5.56 Å². The molecule has 0 aliphatic carbocycles. The number of likely N-dealkylation sites (tertiary alicyclic amines) is 1. The summed E-state index contributed by atoms with van der Waals surface area (Å²) in [6.07, 6.45) is 5.29. The molecule has 0 saturated carbocycles. The largest absolute Gasteiger partial charge is 0.478 e. The van der Waals surface area contributed by atoms with Gasteiger partial charge in [0.2, 0.25) is 0 Å². The van der Waals surface area contributed by atoms with Crippen LogP contribution in [-0.4, -0.2) is 47.1 Å². The van der Waals surface area contributed by atoms with Gasteiger partial charge >= 0.3 is 5.97 Å². The minimum Gasteiger partial charge on any atom is -0.478 e. The van der Waals surface area contributed by atoms with Crippen LogP contribution in [0.2, 0.25) is 0 Å². The Labute approximate surface area is 113 Å². The molecule has 1 aliphatic heterocycles. The molecule has 1 aromatic heterocycles. The van der Waals surface area contributed by atoms with Crippen molar-refractivity contribution in [3.63, 3.8) is 0 Å². The van der Waals surface area contributed by atoms with Crippen LogP contribution in [0.15, 0.2) is 12.3 Å². The Bertz CT molecular complexity index is 442. The van der Waals surface area contributed by atoms with E-state index in [1.165, 1.54) is 25.5 Å². The molecule has 5 heteroatoms. The Kier molecular flexibility index (Phi) is 4.74. The predicted molar refractivity (Wildman–Crippen MR) is 74.7 cm³/mol. The van der Waals surface area contributed by atoms with Gasteiger partial charge in [0, 0.05) is 25.0 Å². The van der Waals surface area contributed by atoms with Gasteiger partial charge in [0.05, 0.1) is 5.69 Å². The highest BCUT2D eigenvalue weighted by atomic mass is 16.4. The third-order valence-electron chi connectivity index (χ3n) is 3.46. The van der Waals surface area contributed by atoms with Crippen LogP contribution in [0.5, 0.6) is 0 Å². The van der Waals surface area contributed by atoms with Gasteiger partial charge in [-0.05, 0) is 38.9 Å². The van der Waals surface area contributed by atoms with Gasteiger partial charge in [-0.3, -0.25) is 4.98 Å². The maximum Gasteiger partial charge on any atom is 0.339 e. The average molecular weight is 263 g/mol. The van der Waals surface area contributed by atoms with Gasteiger partial charge in [0.1, 0.15) is 5.56 Å². The van der Waals surface area contributed by atoms with Crippen molar-refractivity contribution in [1.82, 2.24) is 9.88 Å². The van der Waals surface area contributed by atoms with E-state index in [1.54, 1.807) is 6.07 Å². The van der Waals surface area contributed by atoms with Crippen LogP contribution in [0.1, 0.15) is 35.3 Å². The first-order chi connectivity index (χ1) is 9.16. The molecule has 0 amide bonds. The highest BCUT2D eigenvalue weighted by molar-refractivity contribution is 5.93. The van der Waals surface area contributed by atoms with Crippen LogP contribution in [0.25, 0.3) is 0 Å². The summed E-state index contributed by atoms with van der Waals surface area (Å²) in [7, 11) is 0. The lowest BCUT2D eigenvalue weighted by molar-refractivity contribution is 0.0697. The van der Waals surface area contributed by atoms with Crippen LogP contribution in [0.3, 0.4) is 0 Å². The molecule has 2 rings (SSSR count). The number of hydrogen-bond acceptors (Lipinski definition) is 4. The van der Waals surface area contributed by atoms with Gasteiger partial charge < -0.3 is 15.3 Å². The molecule has 0 radical (unpaired) electrons. The normalized spacial score (nSPS) is 16.3. The minimum atomic E-state index is -0.937. The summed E-state index contributed by atoms with van der Waals surface area (Å²) in [5.41, 5.74) is 1.73. The molecule has 1 aliphatic rings. The molecule has 1 fully saturated rings. The lowest BCUT2D eigenvalue weighted by atomic mass is 10.1. The number of anilines is 1. The number of aryl methyl sites for hydroxylation is 1. The van der Waals surface area contributed by atoms with Gasteiger partial charge in [-0.2, -0.15) is 0 Å². The topological polar surface area (TPSA) is 65.5 Å². The van der Waals surface area contributed by atoms with Crippen LogP contribution >= 0.6 is 0 Å². The highest BCUT2D eigenvalue weighted by Gasteiger charge is 2.12. The van der Waals surface area contributed by atoms with Gasteiger partial charge in [-0.1, -0.05) is 6.42 Å². The van der Waals surface area contributed by atoms with Crippen molar-refractivity contribution < 1.29 is 9.90 Å². The third-order valence-corrected chi connectivity index (χ3v) is 3.46. The number of rotatable bonds is 5. The zero-order chi connectivity index (χ0) is 13.7. The zero-order valence-electron chi connectivity index (χ0n) is 11.4. The number of carbonyl (C=O) groups is 1. The zero-order valence-corrected chi connectivity index (χ0v) is 11.4. The number of pyridine rings is 1. The standard InChI is InChI=1S/C14H21N3O2/c1-11-9-13(12(10-16-11)14(18)19)15-5-8-17-6-3-2-4-7-17/h9-10H,2-8H2,1H3,(H,15,16)(H,18,19). The molecule has 19 heavy (non-hydrogen) atoms. The van der Waals surface area contributed by atoms with Gasteiger partial charge in [-0.25, -0.2) is 4.79 Å². The fourth-order valence-corrected chi connectivity index (χ4v) is 2.41. The van der Waals surface area contributed by atoms with Gasteiger partial charge in [0.15, 0.2) is 0 Å². The van der Waals surface area contributed by atoms with Crippen molar-refractivity contribution in [1.29, 1.82) is 0 Å². The molecule has 1 aromatic rings. The molecule has 104 valence electrons. The Hall–Kier alpha value is -1.62. The predicted octanol–water partition coefficient (Wildman–Crippen LogP) is 1.99. The molecule has 5 nitrogen and oxygen atoms in total. The quantitative estimate of drug-likeness (QED) is 0.850. The van der Waals surface area contributed by atoms with Crippen LogP contribution in [-0.2, 0) is 0 Å². The molecular formula is C14H21N3O2. The van der Waals surface area contributed by atoms with Crippen molar-refractivity contribution in [2.75, 3.05) is 31.5 Å². The van der Waals surface area contributed by atoms with E-state index in [2.05, 4.69) is 15.2 Å². The Morgan fingerprint density at radius 3 is 2.84 bits per heavy atom. The van der Waals surface area contributed by atoms with Crippen molar-refractivity contribution in [3.05, 3.63) is 23.5 Å². The fourth-order valence-electron chi connectivity index (χ4n) is 2.41. The SMILES string of the molecule is Cc1cc(NCCN2CCCCC2)c(C(=O)O)cn1. The van der Waals surface area contributed by atoms with Crippen LogP contribution in [0.4, 0.5) is 5.69 Å². The van der Waals surface area contributed by atoms with E-state index in [0.29, 0.717) is 5.69 Å². The number of hydrogen-bond donors (Lipinski definition) is 2. The molecule has 0 aromatic carbocycles. The second-order valence-corrected chi connectivity index (χ2v) is 5.01. The van der Waals surface area contributed by atoms with Crippen LogP contribution in [0, 0.1) is 6.92 Å². The first kappa shape index (κ1) is 13.8. The maximum absolute atomic E-state index is 11.1. The van der Waals surface area contributed by atoms with Gasteiger partial charge in [-0.15, -0.1) is 0 Å². The van der Waals surface area contributed by atoms with Crippen molar-refractivity contribution in [2.45, 2.75) is 26.2 Å². The van der Waals surface area contributed by atoms with Crippen LogP contribution < -0.4 is 5.32 Å². The fraction of sp³-hybridized carbons (Fsp3) is 0.571. The second-order valence-electron chi connectivity index (χ2n) is 5.01. The smallest absolute Gasteiger partial charge is 0.339 e. The van der Waals surface area contributed by atoms with E-state index in [0.717, 1.165) is 31.9 Å². The molecule has 1 saturated heterocycles. The summed E-state index contributed by atoms with van der Waals surface area (Å²) in [5.74, 6) is -0.937. The van der Waals surface area contributed by atoms with Crippen molar-refractivity contribution in [3.8, 4) is 0 Å². The lowest BCUT2D eigenvalue weighted by Gasteiger charge is -2.26. The summed E-state index contributed by atoms with van der Waals surface area (Å²) < 4.78 is 0. The van der Waals surface area contributed by atoms with Crippen molar-refractivity contribution >= 4 is 11.7 Å². The average Bonchev–Trinajstić information content (AvgIpc) is 2.39. The summed E-state index contributed by atoms with van der Waals surface area (Å²) in [6.45, 7) is 5.90. The summed E-state index contributed by atoms with van der Waals surface area (Å²) in [4.78, 5) is 17.6. The highest BCUT2D eigenvalue weighted by Crippen LogP contribution is 2.15. The first-order valence-electron chi connectivity index (χ1n) is 6.83. The third kappa shape index (κ3) is 3.92. The monoisotopic (exact) mass is 263 g/mol. The van der Waals surface area contributed by atoms with E-state index < -0.39 is 5.97 Å². The maximum atomic E-state index is 11.1. The molecule has 0 atom stereocenters. The molecule has 0 bridgehead atoms. The Morgan fingerprint density at radius 2 is 2.16 bits per heavy atom. The number of carboxylic acids is 1. The second kappa shape index (κ2) is 6.52. The molecule has 0 unspecified atom stereocenters. The van der Waals surface area contributed by atoms with E-state index >= 15 is 0 Å². The number of carboxylic acid groups (broad SMARTS) is 1. The number of piperidine rings is 1. The molecule has 2 heterocycles. The first-order valence-corrected chi connectivity index (χ1v) is 6.83. The number of aromatic nitrogens is 1. The van der Waals surface area contributed by atoms with E-state index in [4.69, 9.17) is 5.11 Å². The van der Waals surface area contributed by atoms with E-state index in [1.807, 2.05) is 6.92 Å². The van der Waals surface area contributed by atoms with Crippen molar-refractivity contribution in [2.24, 2.45) is 0 Å². The molecule has 2 N–H and O–H groups in total. The Balaban J connectivity index is 1.91. The summed E-state index contributed by atoms with van der Waals surface area (Å²) in [6, 6.07) is 1.79. The Morgan fingerprint density at radius 1 is 1.42 bits per heavy atom. The number of aromatic carboxylic acids is 1. The minimum absolute atomic E-state index is 0.240. The number of nitrogens with one attached hydrogen (secondary N) is 1. The summed E-state index contributed by atoms with van der Waals surface area (Å²) in [5, 5.41) is 12.3. The lowest BCUT2D eigenvalue weighted by Crippen LogP contribution is -2.33. The molecular weight excluding hydrogens is 242 g/mol. The van der Waals surface area contributed by atoms with Gasteiger partial charge in [0.25, 0.3) is 0 Å². The number of nitrogens with zero attached hydrogens (tertiary/aromatic N) is 2. The van der Waals surface area contributed by atoms with E-state index in [9.17, 15) is 4.79 Å². The molecule has 0 spiro atoms.